The Morgan fingerprint density at radius 3 is 2.44 bits per heavy atom. The minimum absolute atomic E-state index is 0.162. The first-order valence-corrected chi connectivity index (χ1v) is 15.0. The van der Waals surface area contributed by atoms with Crippen molar-refractivity contribution in [2.24, 2.45) is 0 Å². The molecular formula is C33H39F3N6O. The van der Waals surface area contributed by atoms with Gasteiger partial charge in [0.2, 0.25) is 0 Å². The number of anilines is 2. The normalized spacial score (nSPS) is 20.3. The third-order valence-corrected chi connectivity index (χ3v) is 8.64. The Balaban J connectivity index is 1.28. The Morgan fingerprint density at radius 1 is 1.05 bits per heavy atom. The van der Waals surface area contributed by atoms with Crippen molar-refractivity contribution in [1.82, 2.24) is 14.5 Å². The van der Waals surface area contributed by atoms with Gasteiger partial charge in [0.05, 0.1) is 52.9 Å². The molecule has 7 nitrogen and oxygen atoms in total. The van der Waals surface area contributed by atoms with Crippen LogP contribution < -0.4 is 10.6 Å². The standard InChI is InChI=1S/C33H39F3N6O/c1-32(2,21-37)31-13-8-24(20-39-31)38-16-4-5-26-19-28-29(6-3-7-30(28)42(26)22-33(34,35)36)40-23-14-17-41(18-15-23)25-9-11-27(43)12-10-25/h3,6-8,13,19-20,23,25,27,38,40,43H,9-12,14-18,22H2,1-2H3. The van der Waals surface area contributed by atoms with E-state index in [2.05, 4.69) is 38.4 Å². The minimum atomic E-state index is -4.39. The number of fused-ring (bicyclic) bond motifs is 1. The van der Waals surface area contributed by atoms with Crippen LogP contribution in [0.1, 0.15) is 63.8 Å². The number of pyridine rings is 1. The van der Waals surface area contributed by atoms with Crippen molar-refractivity contribution >= 4 is 22.3 Å². The number of piperidine rings is 1. The zero-order valence-electron chi connectivity index (χ0n) is 24.7. The number of aliphatic hydroxyl groups excluding tert-OH is 1. The van der Waals surface area contributed by atoms with Crippen LogP contribution in [0.4, 0.5) is 24.5 Å². The number of benzene rings is 1. The molecule has 10 heteroatoms. The number of halogens is 3. The van der Waals surface area contributed by atoms with Crippen LogP contribution in [0, 0.1) is 23.2 Å². The van der Waals surface area contributed by atoms with Gasteiger partial charge in [-0.2, -0.15) is 18.4 Å². The maximum Gasteiger partial charge on any atom is 0.406 e. The van der Waals surface area contributed by atoms with E-state index in [4.69, 9.17) is 0 Å². The lowest BCUT2D eigenvalue weighted by Gasteiger charge is -2.40. The van der Waals surface area contributed by atoms with E-state index >= 15 is 0 Å². The van der Waals surface area contributed by atoms with Gasteiger partial charge in [-0.15, -0.1) is 0 Å². The summed E-state index contributed by atoms with van der Waals surface area (Å²) in [6, 6.07) is 13.8. The van der Waals surface area contributed by atoms with Crippen molar-refractivity contribution in [2.45, 2.75) is 88.7 Å². The van der Waals surface area contributed by atoms with E-state index in [1.807, 2.05) is 12.1 Å². The van der Waals surface area contributed by atoms with Crippen LogP contribution in [0.15, 0.2) is 42.6 Å². The SMILES string of the molecule is CC(C)(C#N)c1ccc(NCC#Cc2cc3c(NC4CCN(C5CCC(O)CC5)CC4)cccc3n2CC(F)(F)F)cn1. The highest BCUT2D eigenvalue weighted by atomic mass is 19.4. The number of hydrogen-bond donors (Lipinski definition) is 3. The van der Waals surface area contributed by atoms with Crippen molar-refractivity contribution in [2.75, 3.05) is 30.3 Å². The second-order valence-corrected chi connectivity index (χ2v) is 12.2. The first kappa shape index (κ1) is 30.7. The number of rotatable bonds is 7. The molecule has 2 fully saturated rings. The molecule has 1 aromatic carbocycles. The number of aliphatic hydroxyl groups is 1. The van der Waals surface area contributed by atoms with Gasteiger partial charge in [-0.1, -0.05) is 12.0 Å². The Hall–Kier alpha value is -3.73. The summed E-state index contributed by atoms with van der Waals surface area (Å²) in [5, 5.41) is 26.6. The summed E-state index contributed by atoms with van der Waals surface area (Å²) in [5.74, 6) is 5.91. The number of likely N-dealkylation sites (tertiary alicyclic amines) is 1. The third kappa shape index (κ3) is 7.62. The molecule has 1 aliphatic carbocycles. The van der Waals surface area contributed by atoms with E-state index in [0.717, 1.165) is 62.7 Å². The lowest BCUT2D eigenvalue weighted by molar-refractivity contribution is -0.140. The zero-order valence-corrected chi connectivity index (χ0v) is 24.7. The second-order valence-electron chi connectivity index (χ2n) is 12.2. The highest BCUT2D eigenvalue weighted by Crippen LogP contribution is 2.32. The Kier molecular flexibility index (Phi) is 9.19. The molecule has 2 aromatic heterocycles. The summed E-state index contributed by atoms with van der Waals surface area (Å²) in [7, 11) is 0. The largest absolute Gasteiger partial charge is 0.406 e. The fraction of sp³-hybridized carbons (Fsp3) is 0.515. The molecule has 0 bridgehead atoms. The average Bonchev–Trinajstić information content (AvgIpc) is 3.33. The number of nitriles is 1. The number of alkyl halides is 3. The molecule has 0 spiro atoms. The summed E-state index contributed by atoms with van der Waals surface area (Å²) in [6.07, 6.45) is 2.80. The topological polar surface area (TPSA) is 89.1 Å². The third-order valence-electron chi connectivity index (χ3n) is 8.64. The molecule has 3 heterocycles. The van der Waals surface area contributed by atoms with Crippen LogP contribution in [-0.4, -0.2) is 63.6 Å². The Bertz CT molecular complexity index is 1500. The van der Waals surface area contributed by atoms with E-state index in [1.165, 1.54) is 4.57 Å². The number of nitrogens with zero attached hydrogens (tertiary/aromatic N) is 4. The summed E-state index contributed by atoms with van der Waals surface area (Å²) in [5.41, 5.74) is 2.30. The van der Waals surface area contributed by atoms with Gasteiger partial charge < -0.3 is 25.2 Å². The number of nitrogens with one attached hydrogen (secondary N) is 2. The predicted octanol–water partition coefficient (Wildman–Crippen LogP) is 6.04. The fourth-order valence-corrected chi connectivity index (χ4v) is 6.12. The van der Waals surface area contributed by atoms with Gasteiger partial charge in [0.15, 0.2) is 0 Å². The van der Waals surface area contributed by atoms with E-state index in [1.54, 1.807) is 44.3 Å². The molecule has 43 heavy (non-hydrogen) atoms. The summed E-state index contributed by atoms with van der Waals surface area (Å²) in [6.45, 7) is 4.64. The summed E-state index contributed by atoms with van der Waals surface area (Å²) >= 11 is 0. The average molecular weight is 593 g/mol. The maximum atomic E-state index is 13.6. The molecular weight excluding hydrogens is 553 g/mol. The van der Waals surface area contributed by atoms with Gasteiger partial charge in [-0.3, -0.25) is 4.98 Å². The first-order valence-electron chi connectivity index (χ1n) is 15.0. The molecule has 1 saturated heterocycles. The fourth-order valence-electron chi connectivity index (χ4n) is 6.12. The Labute approximate surface area is 251 Å². The van der Waals surface area contributed by atoms with Crippen molar-refractivity contribution < 1.29 is 18.3 Å². The van der Waals surface area contributed by atoms with Gasteiger partial charge in [0.1, 0.15) is 6.54 Å². The number of aromatic nitrogens is 2. The monoisotopic (exact) mass is 592 g/mol. The van der Waals surface area contributed by atoms with Crippen molar-refractivity contribution in [3.05, 3.63) is 54.0 Å². The molecule has 3 N–H and O–H groups in total. The molecule has 0 unspecified atom stereocenters. The van der Waals surface area contributed by atoms with Crippen molar-refractivity contribution in [3.8, 4) is 17.9 Å². The van der Waals surface area contributed by atoms with Crippen LogP contribution in [0.5, 0.6) is 0 Å². The summed E-state index contributed by atoms with van der Waals surface area (Å²) < 4.78 is 42.1. The maximum absolute atomic E-state index is 13.6. The second kappa shape index (κ2) is 12.9. The van der Waals surface area contributed by atoms with Crippen molar-refractivity contribution in [3.63, 3.8) is 0 Å². The smallest absolute Gasteiger partial charge is 0.393 e. The quantitative estimate of drug-likeness (QED) is 0.290. The molecule has 0 radical (unpaired) electrons. The van der Waals surface area contributed by atoms with Gasteiger partial charge in [0, 0.05) is 36.2 Å². The molecule has 1 aliphatic heterocycles. The van der Waals surface area contributed by atoms with Crippen LogP contribution in [0.3, 0.4) is 0 Å². The van der Waals surface area contributed by atoms with Crippen LogP contribution in [0.25, 0.3) is 10.9 Å². The summed E-state index contributed by atoms with van der Waals surface area (Å²) in [4.78, 5) is 6.88. The van der Waals surface area contributed by atoms with E-state index in [-0.39, 0.29) is 18.7 Å². The molecule has 228 valence electrons. The molecule has 0 amide bonds. The molecule has 5 rings (SSSR count). The van der Waals surface area contributed by atoms with Crippen LogP contribution in [0.2, 0.25) is 0 Å². The lowest BCUT2D eigenvalue weighted by atomic mass is 9.90. The molecule has 3 aromatic rings. The van der Waals surface area contributed by atoms with Crippen LogP contribution in [-0.2, 0) is 12.0 Å². The molecule has 2 aliphatic rings. The zero-order chi connectivity index (χ0) is 30.6. The molecule has 0 atom stereocenters. The Morgan fingerprint density at radius 2 is 1.79 bits per heavy atom. The van der Waals surface area contributed by atoms with Crippen LogP contribution >= 0.6 is 0 Å². The first-order chi connectivity index (χ1) is 20.5. The number of hydrogen-bond acceptors (Lipinski definition) is 6. The highest BCUT2D eigenvalue weighted by Gasteiger charge is 2.31. The van der Waals surface area contributed by atoms with Crippen molar-refractivity contribution in [1.29, 1.82) is 5.26 Å². The molecule has 1 saturated carbocycles. The van der Waals surface area contributed by atoms with Gasteiger partial charge >= 0.3 is 6.18 Å². The van der Waals surface area contributed by atoms with E-state index < -0.39 is 18.1 Å². The van der Waals surface area contributed by atoms with E-state index in [9.17, 15) is 23.5 Å². The van der Waals surface area contributed by atoms with E-state index in [0.29, 0.717) is 28.6 Å². The van der Waals surface area contributed by atoms with Gasteiger partial charge in [0.25, 0.3) is 0 Å². The van der Waals surface area contributed by atoms with Gasteiger partial charge in [-0.25, -0.2) is 0 Å². The highest BCUT2D eigenvalue weighted by molar-refractivity contribution is 5.94. The van der Waals surface area contributed by atoms with Gasteiger partial charge in [-0.05, 0) is 88.6 Å². The lowest BCUT2D eigenvalue weighted by Crippen LogP contribution is -2.46. The predicted molar refractivity (Wildman–Crippen MR) is 163 cm³/mol. The minimum Gasteiger partial charge on any atom is -0.393 e.